The average Bonchev–Trinajstić information content (AvgIpc) is 2.95. The number of hydrogen-bond donors (Lipinski definition) is 1. The van der Waals surface area contributed by atoms with Gasteiger partial charge in [0.25, 0.3) is 0 Å². The number of carboxylic acids is 1. The SMILES string of the molecule is COc1ccc(N2CCc3cc(-c4c(C)nc(C)c([C@H](OC(C)(C)C)C(=O)O)c4N4CCC(C)(C)CC4)ccc3C2)nn1. The minimum Gasteiger partial charge on any atom is -0.480 e. The van der Waals surface area contributed by atoms with Gasteiger partial charge in [0, 0.05) is 54.8 Å². The van der Waals surface area contributed by atoms with E-state index in [1.54, 1.807) is 7.11 Å². The number of benzene rings is 1. The predicted octanol–water partition coefficient (Wildman–Crippen LogP) is 6.29. The van der Waals surface area contributed by atoms with Crippen molar-refractivity contribution in [1.29, 1.82) is 0 Å². The maximum Gasteiger partial charge on any atom is 0.337 e. The maximum atomic E-state index is 12.8. The van der Waals surface area contributed by atoms with Gasteiger partial charge in [-0.1, -0.05) is 32.0 Å². The summed E-state index contributed by atoms with van der Waals surface area (Å²) in [6.07, 6.45) is 1.78. The highest BCUT2D eigenvalue weighted by Crippen LogP contribution is 2.45. The van der Waals surface area contributed by atoms with Crippen LogP contribution < -0.4 is 14.5 Å². The van der Waals surface area contributed by atoms with E-state index in [9.17, 15) is 9.90 Å². The summed E-state index contributed by atoms with van der Waals surface area (Å²) < 4.78 is 11.4. The third-order valence-electron chi connectivity index (χ3n) is 8.64. The lowest BCUT2D eigenvalue weighted by atomic mass is 9.81. The summed E-state index contributed by atoms with van der Waals surface area (Å²) in [6.45, 7) is 17.5. The lowest BCUT2D eigenvalue weighted by Crippen LogP contribution is -2.39. The molecule has 230 valence electrons. The summed E-state index contributed by atoms with van der Waals surface area (Å²) in [5, 5.41) is 19.0. The summed E-state index contributed by atoms with van der Waals surface area (Å²) in [5.74, 6) is 0.325. The molecule has 9 heteroatoms. The number of carboxylic acid groups (broad SMARTS) is 1. The van der Waals surface area contributed by atoms with Gasteiger partial charge in [-0.05, 0) is 82.1 Å². The minimum atomic E-state index is -1.13. The molecule has 1 fully saturated rings. The number of ether oxygens (including phenoxy) is 2. The molecule has 1 N–H and O–H groups in total. The van der Waals surface area contributed by atoms with Crippen molar-refractivity contribution in [3.63, 3.8) is 0 Å². The smallest absolute Gasteiger partial charge is 0.337 e. The highest BCUT2D eigenvalue weighted by molar-refractivity contribution is 5.88. The fourth-order valence-corrected chi connectivity index (χ4v) is 6.25. The zero-order valence-electron chi connectivity index (χ0n) is 26.8. The quantitative estimate of drug-likeness (QED) is 0.342. The molecule has 1 saturated heterocycles. The number of rotatable bonds is 7. The summed E-state index contributed by atoms with van der Waals surface area (Å²) >= 11 is 0. The van der Waals surface area contributed by atoms with Crippen LogP contribution in [0.3, 0.4) is 0 Å². The van der Waals surface area contributed by atoms with Crippen molar-refractivity contribution < 1.29 is 19.4 Å². The van der Waals surface area contributed by atoms with E-state index in [1.165, 1.54) is 11.1 Å². The van der Waals surface area contributed by atoms with Crippen LogP contribution in [0.5, 0.6) is 5.88 Å². The fourth-order valence-electron chi connectivity index (χ4n) is 6.25. The number of piperidine rings is 1. The Morgan fingerprint density at radius 1 is 0.977 bits per heavy atom. The van der Waals surface area contributed by atoms with E-state index >= 15 is 0 Å². The van der Waals surface area contributed by atoms with Gasteiger partial charge in [0.05, 0.1) is 18.4 Å². The summed E-state index contributed by atoms with van der Waals surface area (Å²) in [7, 11) is 1.59. The number of fused-ring (bicyclic) bond motifs is 1. The van der Waals surface area contributed by atoms with Crippen molar-refractivity contribution in [3.8, 4) is 17.0 Å². The second kappa shape index (κ2) is 11.8. The highest BCUT2D eigenvalue weighted by Gasteiger charge is 2.36. The molecular weight excluding hydrogens is 542 g/mol. The Morgan fingerprint density at radius 3 is 2.30 bits per heavy atom. The third-order valence-corrected chi connectivity index (χ3v) is 8.64. The summed E-state index contributed by atoms with van der Waals surface area (Å²) in [4.78, 5) is 22.3. The molecule has 2 aromatic heterocycles. The molecule has 3 aromatic rings. The van der Waals surface area contributed by atoms with Crippen molar-refractivity contribution in [2.75, 3.05) is 36.5 Å². The molecule has 0 unspecified atom stereocenters. The number of anilines is 2. The van der Waals surface area contributed by atoms with Crippen LogP contribution in [0.1, 0.15) is 81.6 Å². The molecular formula is C34H45N5O4. The molecule has 43 heavy (non-hydrogen) atoms. The van der Waals surface area contributed by atoms with Gasteiger partial charge in [-0.3, -0.25) is 4.98 Å². The number of aliphatic carboxylic acids is 1. The van der Waals surface area contributed by atoms with Gasteiger partial charge in [0.1, 0.15) is 0 Å². The van der Waals surface area contributed by atoms with E-state index in [2.05, 4.69) is 52.0 Å². The Morgan fingerprint density at radius 2 is 1.70 bits per heavy atom. The first-order valence-corrected chi connectivity index (χ1v) is 15.2. The van der Waals surface area contributed by atoms with Gasteiger partial charge < -0.3 is 24.4 Å². The number of hydrogen-bond acceptors (Lipinski definition) is 8. The minimum absolute atomic E-state index is 0.244. The third kappa shape index (κ3) is 6.61. The van der Waals surface area contributed by atoms with E-state index in [1.807, 2.05) is 46.8 Å². The van der Waals surface area contributed by atoms with Crippen molar-refractivity contribution >= 4 is 17.5 Å². The number of pyridine rings is 1. The van der Waals surface area contributed by atoms with Gasteiger partial charge in [0.2, 0.25) is 5.88 Å². The lowest BCUT2D eigenvalue weighted by molar-refractivity contribution is -0.160. The van der Waals surface area contributed by atoms with E-state index in [4.69, 9.17) is 14.5 Å². The maximum absolute atomic E-state index is 12.8. The van der Waals surface area contributed by atoms with Gasteiger partial charge in [-0.25, -0.2) is 4.79 Å². The Kier molecular flexibility index (Phi) is 8.40. The predicted molar refractivity (Wildman–Crippen MR) is 169 cm³/mol. The molecule has 4 heterocycles. The molecule has 2 aliphatic heterocycles. The number of methoxy groups -OCH3 is 1. The van der Waals surface area contributed by atoms with E-state index < -0.39 is 17.7 Å². The normalized spacial score (nSPS) is 17.4. The van der Waals surface area contributed by atoms with E-state index in [0.29, 0.717) is 17.1 Å². The van der Waals surface area contributed by atoms with Crippen LogP contribution in [-0.2, 0) is 22.5 Å². The monoisotopic (exact) mass is 587 g/mol. The van der Waals surface area contributed by atoms with Crippen molar-refractivity contribution in [2.45, 2.75) is 86.0 Å². The first-order valence-electron chi connectivity index (χ1n) is 15.2. The molecule has 0 amide bonds. The van der Waals surface area contributed by atoms with Crippen LogP contribution in [0.15, 0.2) is 30.3 Å². The fraction of sp³-hybridized carbons (Fsp3) is 0.529. The van der Waals surface area contributed by atoms with Crippen LogP contribution in [0, 0.1) is 19.3 Å². The first-order chi connectivity index (χ1) is 20.3. The van der Waals surface area contributed by atoms with Crippen LogP contribution >= 0.6 is 0 Å². The molecule has 0 spiro atoms. The summed E-state index contributed by atoms with van der Waals surface area (Å²) in [5.41, 5.74) is 7.38. The van der Waals surface area contributed by atoms with Gasteiger partial charge in [-0.2, -0.15) is 0 Å². The zero-order valence-corrected chi connectivity index (χ0v) is 26.8. The Hall–Kier alpha value is -3.72. The summed E-state index contributed by atoms with van der Waals surface area (Å²) in [6, 6.07) is 10.4. The molecule has 0 saturated carbocycles. The van der Waals surface area contributed by atoms with Crippen molar-refractivity contribution in [1.82, 2.24) is 15.2 Å². The molecule has 5 rings (SSSR count). The molecule has 9 nitrogen and oxygen atoms in total. The molecule has 2 aliphatic rings. The average molecular weight is 588 g/mol. The Bertz CT molecular complexity index is 1490. The molecule has 1 atom stereocenters. The molecule has 0 bridgehead atoms. The second-order valence-electron chi connectivity index (χ2n) is 13.6. The molecule has 0 radical (unpaired) electrons. The van der Waals surface area contributed by atoms with Crippen LogP contribution in [0.2, 0.25) is 0 Å². The lowest BCUT2D eigenvalue weighted by Gasteiger charge is -2.41. The zero-order chi connectivity index (χ0) is 31.1. The number of aryl methyl sites for hydroxylation is 2. The van der Waals surface area contributed by atoms with E-state index in [-0.39, 0.29) is 5.41 Å². The first kappa shape index (κ1) is 30.7. The Balaban J connectivity index is 1.59. The topological polar surface area (TPSA) is 101 Å². The van der Waals surface area contributed by atoms with Gasteiger partial charge in [0.15, 0.2) is 11.9 Å². The van der Waals surface area contributed by atoms with Crippen molar-refractivity contribution in [3.05, 3.63) is 58.4 Å². The number of nitrogens with zero attached hydrogens (tertiary/aromatic N) is 5. The Labute approximate surface area is 255 Å². The van der Waals surface area contributed by atoms with Gasteiger partial charge in [-0.15, -0.1) is 10.2 Å². The van der Waals surface area contributed by atoms with Gasteiger partial charge >= 0.3 is 5.97 Å². The molecule has 1 aromatic carbocycles. The van der Waals surface area contributed by atoms with Crippen molar-refractivity contribution in [2.24, 2.45) is 5.41 Å². The van der Waals surface area contributed by atoms with Crippen LogP contribution in [0.4, 0.5) is 11.5 Å². The second-order valence-corrected chi connectivity index (χ2v) is 13.6. The highest BCUT2D eigenvalue weighted by atomic mass is 16.5. The standard InChI is InChI=1S/C34H45N5O4/c1-21-28(24-9-10-25-20-39(16-13-23(25)19-24)26-11-12-27(42-8)37-36-26)30(38-17-14-34(6,7)15-18-38)29(22(2)35-21)31(32(40)41)43-33(3,4)5/h9-12,19,31H,13-18,20H2,1-8H3,(H,40,41)/t31-/m0/s1. The van der Waals surface area contributed by atoms with Crippen LogP contribution in [-0.4, -0.2) is 58.6 Å². The largest absolute Gasteiger partial charge is 0.480 e. The number of carbonyl (C=O) groups is 1. The van der Waals surface area contributed by atoms with Crippen LogP contribution in [0.25, 0.3) is 11.1 Å². The number of aromatic nitrogens is 3. The van der Waals surface area contributed by atoms with E-state index in [0.717, 1.165) is 73.8 Å². The molecule has 0 aliphatic carbocycles.